The number of aryl methyl sites for hydroxylation is 1. The minimum absolute atomic E-state index is 0.0229. The molecule has 5 atom stereocenters. The number of carbonyl (C=O) groups is 4. The van der Waals surface area contributed by atoms with Gasteiger partial charge in [0.25, 0.3) is 0 Å². The highest BCUT2D eigenvalue weighted by Crippen LogP contribution is 2.50. The van der Waals surface area contributed by atoms with Gasteiger partial charge in [0.2, 0.25) is 23.6 Å². The molecule has 2 aliphatic heterocycles. The number of carboxylic acid groups (broad SMARTS) is 1. The van der Waals surface area contributed by atoms with Crippen LogP contribution in [0.4, 0.5) is 13.6 Å². The zero-order valence-corrected chi connectivity index (χ0v) is 27.2. The molecule has 3 aliphatic rings. The third-order valence-corrected chi connectivity index (χ3v) is 8.97. The Balaban J connectivity index is 1.46. The molecule has 2 aromatic rings. The number of alkyl carbamates (subject to hydrolysis) is 1. The maximum Gasteiger partial charge on any atom is 0.408 e. The van der Waals surface area contributed by atoms with Crippen molar-refractivity contribution in [2.75, 3.05) is 6.54 Å². The van der Waals surface area contributed by atoms with Gasteiger partial charge < -0.3 is 30.1 Å². The highest BCUT2D eigenvalue weighted by Gasteiger charge is 2.64. The number of nitrogens with zero attached hydrogens (tertiary/aromatic N) is 3. The number of benzene rings is 1. The smallest absolute Gasteiger partial charge is 0.408 e. The summed E-state index contributed by atoms with van der Waals surface area (Å²) in [6.07, 6.45) is -1.37. The number of hydrogen-bond donors (Lipinski definition) is 3. The van der Waals surface area contributed by atoms with Crippen LogP contribution in [-0.4, -0.2) is 85.6 Å². The van der Waals surface area contributed by atoms with E-state index in [0.717, 1.165) is 0 Å². The average Bonchev–Trinajstić information content (AvgIpc) is 3.48. The van der Waals surface area contributed by atoms with E-state index in [9.17, 15) is 33.1 Å². The van der Waals surface area contributed by atoms with Gasteiger partial charge in [-0.05, 0) is 58.6 Å². The summed E-state index contributed by atoms with van der Waals surface area (Å²) in [4.78, 5) is 63.7. The van der Waals surface area contributed by atoms with E-state index < -0.39 is 77.9 Å². The fraction of sp³-hybridized carbons (Fsp3) is 0.636. The van der Waals surface area contributed by atoms with Crippen LogP contribution >= 0.6 is 0 Å². The van der Waals surface area contributed by atoms with E-state index in [1.807, 2.05) is 25.1 Å². The molecule has 1 aliphatic carbocycles. The Labute approximate surface area is 272 Å². The van der Waals surface area contributed by atoms with Gasteiger partial charge in [-0.2, -0.15) is 0 Å². The van der Waals surface area contributed by atoms with Crippen LogP contribution in [0.2, 0.25) is 0 Å². The number of aromatic nitrogens is 2. The van der Waals surface area contributed by atoms with Crippen molar-refractivity contribution in [3.05, 3.63) is 30.0 Å². The second-order valence-electron chi connectivity index (χ2n) is 13.8. The normalized spacial score (nSPS) is 28.3. The molecular weight excluding hydrogens is 616 g/mol. The molecule has 0 spiro atoms. The van der Waals surface area contributed by atoms with Gasteiger partial charge in [-0.15, -0.1) is 0 Å². The highest BCUT2D eigenvalue weighted by atomic mass is 19.3. The second-order valence-corrected chi connectivity index (χ2v) is 13.8. The Kier molecular flexibility index (Phi) is 9.61. The number of hydrogen-bond acceptors (Lipinski definition) is 8. The average molecular weight is 660 g/mol. The molecule has 1 aromatic carbocycles. The molecule has 0 radical (unpaired) electrons. The Morgan fingerprint density at radius 3 is 2.47 bits per heavy atom. The number of para-hydroxylation sites is 2. The Morgan fingerprint density at radius 2 is 1.81 bits per heavy atom. The van der Waals surface area contributed by atoms with E-state index >= 15 is 0 Å². The maximum absolute atomic E-state index is 14.9. The Morgan fingerprint density at radius 1 is 1.11 bits per heavy atom. The molecule has 14 heteroatoms. The third-order valence-electron chi connectivity index (χ3n) is 8.97. The van der Waals surface area contributed by atoms with Crippen LogP contribution in [0.15, 0.2) is 24.3 Å². The molecule has 3 heterocycles. The van der Waals surface area contributed by atoms with Crippen LogP contribution in [0.1, 0.15) is 84.8 Å². The number of aliphatic carboxylic acids is 1. The van der Waals surface area contributed by atoms with E-state index in [2.05, 4.69) is 20.6 Å². The van der Waals surface area contributed by atoms with Crippen molar-refractivity contribution in [2.45, 2.75) is 121 Å². The lowest BCUT2D eigenvalue weighted by Crippen LogP contribution is -2.56. The first-order valence-electron chi connectivity index (χ1n) is 16.3. The third kappa shape index (κ3) is 7.90. The summed E-state index contributed by atoms with van der Waals surface area (Å²) < 4.78 is 41.5. The van der Waals surface area contributed by atoms with Gasteiger partial charge in [-0.25, -0.2) is 28.3 Å². The summed E-state index contributed by atoms with van der Waals surface area (Å²) >= 11 is 0. The largest absolute Gasteiger partial charge is 0.479 e. The van der Waals surface area contributed by atoms with E-state index in [1.54, 1.807) is 26.8 Å². The van der Waals surface area contributed by atoms with Crippen LogP contribution in [0.25, 0.3) is 11.0 Å². The van der Waals surface area contributed by atoms with Gasteiger partial charge in [0.1, 0.15) is 35.0 Å². The lowest BCUT2D eigenvalue weighted by Gasteiger charge is -2.30. The molecule has 2 saturated heterocycles. The highest BCUT2D eigenvalue weighted by molar-refractivity contribution is 5.96. The van der Waals surface area contributed by atoms with E-state index in [4.69, 9.17) is 9.47 Å². The second kappa shape index (κ2) is 13.2. The minimum Gasteiger partial charge on any atom is -0.479 e. The summed E-state index contributed by atoms with van der Waals surface area (Å²) in [5.41, 5.74) is -0.841. The van der Waals surface area contributed by atoms with Crippen molar-refractivity contribution in [3.8, 4) is 5.88 Å². The number of alkyl halides is 2. The topological polar surface area (TPSA) is 160 Å². The first kappa shape index (κ1) is 34.2. The summed E-state index contributed by atoms with van der Waals surface area (Å²) in [5, 5.41) is 15.2. The van der Waals surface area contributed by atoms with Gasteiger partial charge in [0, 0.05) is 25.2 Å². The number of fused-ring (bicyclic) bond motifs is 3. The van der Waals surface area contributed by atoms with Crippen molar-refractivity contribution in [1.29, 1.82) is 0 Å². The van der Waals surface area contributed by atoms with Gasteiger partial charge in [0.15, 0.2) is 0 Å². The molecule has 3 N–H and O–H groups in total. The number of nitrogens with one attached hydrogen (secondary N) is 2. The van der Waals surface area contributed by atoms with Crippen molar-refractivity contribution in [2.24, 2.45) is 5.92 Å². The SMILES string of the molecule is CCc1nc2ccccc2nc1O[C@@H]1C[C@H]2C(=O)N[C@]3(C(=O)O)C[C@H]3CC(F)(F)CCCCC[C@H](NC(=O)OC(C)(C)C)C(=O)N2C1. The zero-order valence-electron chi connectivity index (χ0n) is 27.2. The van der Waals surface area contributed by atoms with Crippen LogP contribution in [0.5, 0.6) is 5.88 Å². The van der Waals surface area contributed by atoms with E-state index in [-0.39, 0.29) is 38.1 Å². The summed E-state index contributed by atoms with van der Waals surface area (Å²) in [7, 11) is 0. The summed E-state index contributed by atoms with van der Waals surface area (Å²) in [5.74, 6) is -6.59. The molecule has 256 valence electrons. The first-order chi connectivity index (χ1) is 22.1. The van der Waals surface area contributed by atoms with Crippen LogP contribution in [0, 0.1) is 5.92 Å². The number of rotatable bonds is 5. The molecule has 5 rings (SSSR count). The first-order valence-corrected chi connectivity index (χ1v) is 16.3. The van der Waals surface area contributed by atoms with Gasteiger partial charge in [0.05, 0.1) is 17.6 Å². The quantitative estimate of drug-likeness (QED) is 0.423. The fourth-order valence-electron chi connectivity index (χ4n) is 6.50. The van der Waals surface area contributed by atoms with Crippen molar-refractivity contribution in [1.82, 2.24) is 25.5 Å². The molecule has 3 fully saturated rings. The molecule has 47 heavy (non-hydrogen) atoms. The monoisotopic (exact) mass is 659 g/mol. The lowest BCUT2D eigenvalue weighted by atomic mass is 10.0. The van der Waals surface area contributed by atoms with Gasteiger partial charge in [-0.1, -0.05) is 31.9 Å². The molecule has 0 bridgehead atoms. The van der Waals surface area contributed by atoms with Crippen molar-refractivity contribution < 1.29 is 42.5 Å². The number of halogens is 2. The summed E-state index contributed by atoms with van der Waals surface area (Å²) in [6.45, 7) is 6.87. The van der Waals surface area contributed by atoms with E-state index in [0.29, 0.717) is 36.0 Å². The predicted octanol–water partition coefficient (Wildman–Crippen LogP) is 4.38. The number of ether oxygens (including phenoxy) is 2. The number of carbonyl (C=O) groups excluding carboxylic acids is 3. The molecule has 3 amide bonds. The summed E-state index contributed by atoms with van der Waals surface area (Å²) in [6, 6.07) is 4.96. The molecule has 1 aromatic heterocycles. The van der Waals surface area contributed by atoms with Gasteiger partial charge in [-0.3, -0.25) is 9.59 Å². The Bertz CT molecular complexity index is 1530. The number of amides is 3. The lowest BCUT2D eigenvalue weighted by molar-refractivity contribution is -0.146. The molecule has 1 saturated carbocycles. The molecule has 12 nitrogen and oxygen atoms in total. The standard InChI is InChI=1S/C33H43F2N5O7/c1-5-21-27(37-23-12-9-8-11-22(23)36-21)46-20-15-25-26(41)39-33(29(43)44)17-19(33)16-32(34,35)14-10-6-7-13-24(28(42)40(25)18-20)38-30(45)47-31(2,3)4/h8-9,11-12,19-20,24-25H,5-7,10,13-18H2,1-4H3,(H,38,45)(H,39,41)(H,43,44)/t19-,20-,24+,25+,33-/m1/s1. The molecule has 0 unspecified atom stereocenters. The Hall–Kier alpha value is -4.10. The minimum atomic E-state index is -3.12. The van der Waals surface area contributed by atoms with Crippen LogP contribution < -0.4 is 15.4 Å². The van der Waals surface area contributed by atoms with Crippen molar-refractivity contribution in [3.63, 3.8) is 0 Å². The van der Waals surface area contributed by atoms with Crippen LogP contribution in [0.3, 0.4) is 0 Å². The predicted molar refractivity (Wildman–Crippen MR) is 166 cm³/mol. The van der Waals surface area contributed by atoms with Gasteiger partial charge >= 0.3 is 12.1 Å². The maximum atomic E-state index is 14.9. The zero-order chi connectivity index (χ0) is 34.1. The van der Waals surface area contributed by atoms with Crippen LogP contribution in [-0.2, 0) is 25.5 Å². The fourth-order valence-corrected chi connectivity index (χ4v) is 6.50. The van der Waals surface area contributed by atoms with E-state index in [1.165, 1.54) is 4.90 Å². The van der Waals surface area contributed by atoms with Crippen molar-refractivity contribution >= 4 is 34.9 Å². The number of carboxylic acids is 1. The molecular formula is C33H43F2N5O7.